The highest BCUT2D eigenvalue weighted by atomic mass is 127. The number of benzene rings is 1. The molecule has 0 atom stereocenters. The summed E-state index contributed by atoms with van der Waals surface area (Å²) in [6.07, 6.45) is 1.15. The van der Waals surface area contributed by atoms with Crippen LogP contribution in [0.2, 0.25) is 5.02 Å². The van der Waals surface area contributed by atoms with Gasteiger partial charge in [0.25, 0.3) is 0 Å². The van der Waals surface area contributed by atoms with Crippen molar-refractivity contribution in [3.05, 3.63) is 45.1 Å². The molecule has 1 heterocycles. The van der Waals surface area contributed by atoms with Gasteiger partial charge in [0.1, 0.15) is 12.1 Å². The van der Waals surface area contributed by atoms with Gasteiger partial charge >= 0.3 is 0 Å². The minimum absolute atomic E-state index is 0.371. The Labute approximate surface area is 110 Å². The van der Waals surface area contributed by atoms with Gasteiger partial charge in [-0.15, -0.1) is 0 Å². The molecule has 0 amide bonds. The van der Waals surface area contributed by atoms with Crippen LogP contribution in [0, 0.1) is 9.52 Å². The third kappa shape index (κ3) is 2.79. The van der Waals surface area contributed by atoms with Crippen molar-refractivity contribution < 1.29 is 4.39 Å². The van der Waals surface area contributed by atoms with Crippen molar-refractivity contribution in [3.63, 3.8) is 0 Å². The molecular formula is C10H6ClFIN3. The zero-order valence-corrected chi connectivity index (χ0v) is 10.8. The molecule has 0 unspecified atom stereocenters. The largest absolute Gasteiger partial charge is 0.339 e. The Morgan fingerprint density at radius 3 is 2.75 bits per heavy atom. The number of anilines is 2. The van der Waals surface area contributed by atoms with E-state index in [1.165, 1.54) is 6.07 Å². The van der Waals surface area contributed by atoms with Crippen LogP contribution in [0.15, 0.2) is 30.6 Å². The van der Waals surface area contributed by atoms with E-state index in [1.807, 2.05) is 18.2 Å². The topological polar surface area (TPSA) is 37.8 Å². The van der Waals surface area contributed by atoms with Crippen LogP contribution >= 0.6 is 34.2 Å². The molecule has 3 nitrogen and oxygen atoms in total. The molecule has 1 aromatic heterocycles. The number of hydrogen-bond donors (Lipinski definition) is 1. The van der Waals surface area contributed by atoms with Crippen molar-refractivity contribution in [1.82, 2.24) is 9.97 Å². The highest BCUT2D eigenvalue weighted by molar-refractivity contribution is 14.1. The first-order valence-corrected chi connectivity index (χ1v) is 5.80. The highest BCUT2D eigenvalue weighted by Gasteiger charge is 2.03. The van der Waals surface area contributed by atoms with Gasteiger partial charge in [-0.3, -0.25) is 0 Å². The lowest BCUT2D eigenvalue weighted by atomic mass is 10.3. The number of hydrogen-bond acceptors (Lipinski definition) is 3. The van der Waals surface area contributed by atoms with Crippen LogP contribution in [0.1, 0.15) is 0 Å². The summed E-state index contributed by atoms with van der Waals surface area (Å²) in [4.78, 5) is 7.24. The monoisotopic (exact) mass is 349 g/mol. The zero-order valence-electron chi connectivity index (χ0n) is 7.92. The van der Waals surface area contributed by atoms with Crippen LogP contribution in [0.4, 0.5) is 15.9 Å². The van der Waals surface area contributed by atoms with Crippen LogP contribution in [0.5, 0.6) is 0 Å². The molecule has 0 fully saturated rings. The van der Waals surface area contributed by atoms with E-state index in [-0.39, 0.29) is 0 Å². The average Bonchev–Trinajstić information content (AvgIpc) is 2.22. The fraction of sp³-hybridized carbons (Fsp3) is 0. The first-order valence-electron chi connectivity index (χ1n) is 4.35. The van der Waals surface area contributed by atoms with Gasteiger partial charge in [-0.25, -0.2) is 9.97 Å². The number of halogens is 3. The summed E-state index contributed by atoms with van der Waals surface area (Å²) in [5, 5.41) is 3.47. The molecule has 6 heteroatoms. The second kappa shape index (κ2) is 4.92. The minimum atomic E-state index is -0.584. The molecule has 2 aromatic rings. The summed E-state index contributed by atoms with van der Waals surface area (Å²) in [6.45, 7) is 0. The fourth-order valence-corrected chi connectivity index (χ4v) is 2.03. The van der Waals surface area contributed by atoms with Crippen molar-refractivity contribution in [1.29, 1.82) is 0 Å². The smallest absolute Gasteiger partial charge is 0.218 e. The molecule has 0 aliphatic carbocycles. The molecule has 0 aliphatic heterocycles. The number of nitrogens with zero attached hydrogens (tertiary/aromatic N) is 2. The lowest BCUT2D eigenvalue weighted by molar-refractivity contribution is 0.580. The second-order valence-electron chi connectivity index (χ2n) is 2.98. The van der Waals surface area contributed by atoms with Crippen molar-refractivity contribution >= 4 is 45.7 Å². The molecule has 0 radical (unpaired) electrons. The molecule has 1 aromatic carbocycles. The van der Waals surface area contributed by atoms with Gasteiger partial charge in [-0.2, -0.15) is 4.39 Å². The van der Waals surface area contributed by atoms with E-state index < -0.39 is 5.95 Å². The molecule has 82 valence electrons. The van der Waals surface area contributed by atoms with Crippen LogP contribution in [0.25, 0.3) is 0 Å². The Kier molecular flexibility index (Phi) is 3.55. The van der Waals surface area contributed by atoms with Crippen LogP contribution in [-0.2, 0) is 0 Å². The normalized spacial score (nSPS) is 10.2. The van der Waals surface area contributed by atoms with Gasteiger partial charge in [0, 0.05) is 9.64 Å². The zero-order chi connectivity index (χ0) is 11.5. The highest BCUT2D eigenvalue weighted by Crippen LogP contribution is 2.26. The first-order chi connectivity index (χ1) is 7.65. The van der Waals surface area contributed by atoms with Gasteiger partial charge in [0.2, 0.25) is 5.95 Å². The summed E-state index contributed by atoms with van der Waals surface area (Å²) in [7, 11) is 0. The summed E-state index contributed by atoms with van der Waals surface area (Å²) < 4.78 is 13.8. The van der Waals surface area contributed by atoms with Crippen LogP contribution in [0.3, 0.4) is 0 Å². The van der Waals surface area contributed by atoms with E-state index in [4.69, 9.17) is 11.6 Å². The SMILES string of the molecule is Fc1cc(Nc2ccc(I)cc2Cl)ncn1. The fourth-order valence-electron chi connectivity index (χ4n) is 1.13. The standard InChI is InChI=1S/C10H6ClFIN3/c11-7-3-6(13)1-2-8(7)16-10-4-9(12)14-5-15-10/h1-5H,(H,14,15,16). The van der Waals surface area contributed by atoms with E-state index >= 15 is 0 Å². The summed E-state index contributed by atoms with van der Waals surface area (Å²) in [5.41, 5.74) is 0.681. The summed E-state index contributed by atoms with van der Waals surface area (Å²) in [6, 6.07) is 6.72. The molecule has 2 rings (SSSR count). The summed E-state index contributed by atoms with van der Waals surface area (Å²) in [5.74, 6) is -0.213. The van der Waals surface area contributed by atoms with Gasteiger partial charge in [0.15, 0.2) is 0 Å². The van der Waals surface area contributed by atoms with Crippen molar-refractivity contribution in [3.8, 4) is 0 Å². The molecule has 0 aliphatic rings. The van der Waals surface area contributed by atoms with E-state index in [0.29, 0.717) is 16.5 Å². The lowest BCUT2D eigenvalue weighted by Crippen LogP contribution is -1.96. The molecule has 0 saturated carbocycles. The molecule has 0 saturated heterocycles. The molecule has 16 heavy (non-hydrogen) atoms. The quantitative estimate of drug-likeness (QED) is 0.665. The van der Waals surface area contributed by atoms with Crippen LogP contribution < -0.4 is 5.32 Å². The third-order valence-corrected chi connectivity index (χ3v) is 2.81. The van der Waals surface area contributed by atoms with E-state index in [0.717, 1.165) is 9.90 Å². The van der Waals surface area contributed by atoms with Gasteiger partial charge in [0.05, 0.1) is 10.7 Å². The lowest BCUT2D eigenvalue weighted by Gasteiger charge is -2.07. The molecule has 1 N–H and O–H groups in total. The maximum absolute atomic E-state index is 12.8. The van der Waals surface area contributed by atoms with E-state index in [1.54, 1.807) is 0 Å². The molecular weight excluding hydrogens is 343 g/mol. The van der Waals surface area contributed by atoms with Gasteiger partial charge in [-0.1, -0.05) is 11.6 Å². The maximum atomic E-state index is 12.8. The number of nitrogens with one attached hydrogen (secondary N) is 1. The van der Waals surface area contributed by atoms with Gasteiger partial charge in [-0.05, 0) is 40.8 Å². The van der Waals surface area contributed by atoms with Crippen molar-refractivity contribution in [2.75, 3.05) is 5.32 Å². The number of rotatable bonds is 2. The van der Waals surface area contributed by atoms with Gasteiger partial charge < -0.3 is 5.32 Å². The Hall–Kier alpha value is -0.950. The Bertz CT molecular complexity index is 521. The molecule has 0 spiro atoms. The molecule has 0 bridgehead atoms. The maximum Gasteiger partial charge on any atom is 0.218 e. The second-order valence-corrected chi connectivity index (χ2v) is 4.63. The van der Waals surface area contributed by atoms with E-state index in [2.05, 4.69) is 37.9 Å². The minimum Gasteiger partial charge on any atom is -0.339 e. The Balaban J connectivity index is 2.27. The predicted octanol–water partition coefficient (Wildman–Crippen LogP) is 3.62. The van der Waals surface area contributed by atoms with Crippen molar-refractivity contribution in [2.24, 2.45) is 0 Å². The Morgan fingerprint density at radius 2 is 2.06 bits per heavy atom. The first kappa shape index (κ1) is 11.5. The van der Waals surface area contributed by atoms with Crippen molar-refractivity contribution in [2.45, 2.75) is 0 Å². The van der Waals surface area contributed by atoms with E-state index in [9.17, 15) is 4.39 Å². The summed E-state index contributed by atoms with van der Waals surface area (Å²) >= 11 is 8.18. The third-order valence-electron chi connectivity index (χ3n) is 1.83. The Morgan fingerprint density at radius 1 is 1.25 bits per heavy atom. The average molecular weight is 350 g/mol. The number of aromatic nitrogens is 2. The van der Waals surface area contributed by atoms with Crippen LogP contribution in [-0.4, -0.2) is 9.97 Å². The predicted molar refractivity (Wildman–Crippen MR) is 69.4 cm³/mol.